The van der Waals surface area contributed by atoms with E-state index in [1.54, 1.807) is 0 Å². The van der Waals surface area contributed by atoms with Crippen LogP contribution < -0.4 is 10.6 Å². The number of carbonyl (C=O) groups excluding carboxylic acids is 3. The lowest BCUT2D eigenvalue weighted by molar-refractivity contribution is -0.117. The van der Waals surface area contributed by atoms with Crippen LogP contribution in [0.4, 0.5) is 0 Å². The highest BCUT2D eigenvalue weighted by Crippen LogP contribution is 2.44. The van der Waals surface area contributed by atoms with Crippen LogP contribution >= 0.6 is 0 Å². The summed E-state index contributed by atoms with van der Waals surface area (Å²) in [5.74, 6) is -0.291. The Kier molecular flexibility index (Phi) is 4.41. The molecule has 1 spiro atoms. The van der Waals surface area contributed by atoms with Gasteiger partial charge in [-0.1, -0.05) is 12.6 Å². The lowest BCUT2D eigenvalue weighted by Crippen LogP contribution is -2.55. The first kappa shape index (κ1) is 18.9. The van der Waals surface area contributed by atoms with Gasteiger partial charge in [0.2, 0.25) is 5.91 Å². The summed E-state index contributed by atoms with van der Waals surface area (Å²) in [6.45, 7) is 5.31. The Bertz CT molecular complexity index is 1070. The van der Waals surface area contributed by atoms with Gasteiger partial charge in [-0.15, -0.1) is 0 Å². The van der Waals surface area contributed by atoms with Crippen molar-refractivity contribution in [1.29, 1.82) is 0 Å². The van der Waals surface area contributed by atoms with Gasteiger partial charge in [0.25, 0.3) is 11.8 Å². The Morgan fingerprint density at radius 3 is 2.80 bits per heavy atom. The van der Waals surface area contributed by atoms with Gasteiger partial charge in [0.1, 0.15) is 5.69 Å². The van der Waals surface area contributed by atoms with Gasteiger partial charge < -0.3 is 20.1 Å². The Morgan fingerprint density at radius 1 is 1.23 bits per heavy atom. The minimum absolute atomic E-state index is 0.0343. The average Bonchev–Trinajstić information content (AvgIpc) is 3.12. The van der Waals surface area contributed by atoms with Gasteiger partial charge in [0, 0.05) is 36.6 Å². The lowest BCUT2D eigenvalue weighted by atomic mass is 9.75. The molecule has 7 nitrogen and oxygen atoms in total. The van der Waals surface area contributed by atoms with Crippen LogP contribution in [0.25, 0.3) is 10.9 Å². The number of rotatable bonds is 3. The molecule has 3 amide bonds. The van der Waals surface area contributed by atoms with Gasteiger partial charge in [-0.05, 0) is 56.4 Å². The maximum absolute atomic E-state index is 13.2. The molecule has 2 fully saturated rings. The van der Waals surface area contributed by atoms with Crippen LogP contribution in [-0.2, 0) is 10.3 Å². The van der Waals surface area contributed by atoms with Crippen molar-refractivity contribution >= 4 is 28.6 Å². The first-order chi connectivity index (χ1) is 14.5. The standard InChI is InChI=1S/C23H26N4O3/c1-2-20(28)25-17-5-3-10-26(13-17)22(30)16-7-6-15-11-19-21(29)24-14-23(8-4-9-23)27(19)18(15)12-16/h2,6-7,11-12,17H,1,3-5,8-10,13-14H2,(H,24,29)(H,25,28). The summed E-state index contributed by atoms with van der Waals surface area (Å²) in [5, 5.41) is 6.92. The molecular formula is C23H26N4O3. The zero-order chi connectivity index (χ0) is 20.9. The molecule has 156 valence electrons. The van der Waals surface area contributed by atoms with E-state index in [2.05, 4.69) is 21.8 Å². The van der Waals surface area contributed by atoms with E-state index in [4.69, 9.17) is 0 Å². The largest absolute Gasteiger partial charge is 0.348 e. The second kappa shape index (κ2) is 7.00. The number of likely N-dealkylation sites (tertiary alicyclic amines) is 1. The van der Waals surface area contributed by atoms with Crippen LogP contribution in [0, 0.1) is 0 Å². The fourth-order valence-electron chi connectivity index (χ4n) is 5.13. The number of piperidine rings is 1. The molecule has 1 aromatic heterocycles. The first-order valence-corrected chi connectivity index (χ1v) is 10.7. The van der Waals surface area contributed by atoms with Crippen LogP contribution in [0.3, 0.4) is 0 Å². The van der Waals surface area contributed by atoms with E-state index in [-0.39, 0.29) is 29.3 Å². The van der Waals surface area contributed by atoms with E-state index < -0.39 is 0 Å². The second-order valence-electron chi connectivity index (χ2n) is 8.70. The number of fused-ring (bicyclic) bond motifs is 4. The van der Waals surface area contributed by atoms with E-state index in [1.165, 1.54) is 6.08 Å². The molecule has 1 aliphatic carbocycles. The molecule has 1 aromatic carbocycles. The van der Waals surface area contributed by atoms with Crippen molar-refractivity contribution in [3.63, 3.8) is 0 Å². The fraction of sp³-hybridized carbons (Fsp3) is 0.435. The molecule has 5 rings (SSSR count). The van der Waals surface area contributed by atoms with Gasteiger partial charge in [0.15, 0.2) is 0 Å². The molecular weight excluding hydrogens is 380 g/mol. The average molecular weight is 406 g/mol. The number of aromatic nitrogens is 1. The summed E-state index contributed by atoms with van der Waals surface area (Å²) in [7, 11) is 0. The summed E-state index contributed by atoms with van der Waals surface area (Å²) in [5.41, 5.74) is 2.21. The topological polar surface area (TPSA) is 83.4 Å². The van der Waals surface area contributed by atoms with Crippen molar-refractivity contribution < 1.29 is 14.4 Å². The summed E-state index contributed by atoms with van der Waals surface area (Å²) in [6, 6.07) is 7.59. The molecule has 1 unspecified atom stereocenters. The maximum Gasteiger partial charge on any atom is 0.268 e. The molecule has 30 heavy (non-hydrogen) atoms. The maximum atomic E-state index is 13.2. The van der Waals surface area contributed by atoms with Gasteiger partial charge >= 0.3 is 0 Å². The second-order valence-corrected chi connectivity index (χ2v) is 8.70. The molecule has 7 heteroatoms. The van der Waals surface area contributed by atoms with Gasteiger partial charge in [0.05, 0.1) is 11.1 Å². The van der Waals surface area contributed by atoms with E-state index in [1.807, 2.05) is 29.2 Å². The quantitative estimate of drug-likeness (QED) is 0.767. The highest BCUT2D eigenvalue weighted by molar-refractivity contribution is 6.03. The highest BCUT2D eigenvalue weighted by Gasteiger charge is 2.44. The molecule has 0 bridgehead atoms. The van der Waals surface area contributed by atoms with E-state index in [9.17, 15) is 14.4 Å². The zero-order valence-corrected chi connectivity index (χ0v) is 16.9. The zero-order valence-electron chi connectivity index (χ0n) is 16.9. The van der Waals surface area contributed by atoms with Crippen LogP contribution in [0.15, 0.2) is 36.9 Å². The third kappa shape index (κ3) is 2.91. The summed E-state index contributed by atoms with van der Waals surface area (Å²) < 4.78 is 2.17. The predicted octanol–water partition coefficient (Wildman–Crippen LogP) is 2.17. The third-order valence-corrected chi connectivity index (χ3v) is 6.86. The SMILES string of the molecule is C=CC(=O)NC1CCCN(C(=O)c2ccc3cc4n(c3c2)C2(CCC2)CNC4=O)C1. The summed E-state index contributed by atoms with van der Waals surface area (Å²) in [4.78, 5) is 39.1. The van der Waals surface area contributed by atoms with Gasteiger partial charge in [-0.3, -0.25) is 14.4 Å². The summed E-state index contributed by atoms with van der Waals surface area (Å²) >= 11 is 0. The van der Waals surface area contributed by atoms with Crippen LogP contribution in [-0.4, -0.2) is 52.9 Å². The van der Waals surface area contributed by atoms with Crippen LogP contribution in [0.2, 0.25) is 0 Å². The molecule has 1 saturated heterocycles. The third-order valence-electron chi connectivity index (χ3n) is 6.86. The van der Waals surface area contributed by atoms with Crippen molar-refractivity contribution in [2.45, 2.75) is 43.7 Å². The van der Waals surface area contributed by atoms with E-state index in [0.29, 0.717) is 30.9 Å². The van der Waals surface area contributed by atoms with Gasteiger partial charge in [-0.2, -0.15) is 0 Å². The van der Waals surface area contributed by atoms with Crippen LogP contribution in [0.5, 0.6) is 0 Å². The van der Waals surface area contributed by atoms with Gasteiger partial charge in [-0.25, -0.2) is 0 Å². The van der Waals surface area contributed by atoms with Crippen molar-refractivity contribution in [2.24, 2.45) is 0 Å². The Morgan fingerprint density at radius 2 is 2.07 bits per heavy atom. The molecule has 3 heterocycles. The van der Waals surface area contributed by atoms with Crippen molar-refractivity contribution in [3.05, 3.63) is 48.2 Å². The molecule has 2 aliphatic heterocycles. The molecule has 3 aliphatic rings. The predicted molar refractivity (Wildman–Crippen MR) is 113 cm³/mol. The Balaban J connectivity index is 1.46. The minimum Gasteiger partial charge on any atom is -0.348 e. The number of hydrogen-bond acceptors (Lipinski definition) is 3. The Labute approximate surface area is 175 Å². The monoisotopic (exact) mass is 406 g/mol. The number of benzene rings is 1. The van der Waals surface area contributed by atoms with Crippen molar-refractivity contribution in [1.82, 2.24) is 20.1 Å². The molecule has 0 radical (unpaired) electrons. The molecule has 1 atom stereocenters. The Hall–Kier alpha value is -3.09. The fourth-order valence-corrected chi connectivity index (χ4v) is 5.13. The van der Waals surface area contributed by atoms with Crippen molar-refractivity contribution in [2.75, 3.05) is 19.6 Å². The van der Waals surface area contributed by atoms with Crippen molar-refractivity contribution in [3.8, 4) is 0 Å². The number of amides is 3. The summed E-state index contributed by atoms with van der Waals surface area (Å²) in [6.07, 6.45) is 6.19. The highest BCUT2D eigenvalue weighted by atomic mass is 16.2. The number of hydrogen-bond donors (Lipinski definition) is 2. The lowest BCUT2D eigenvalue weighted by Gasteiger charge is -2.47. The molecule has 2 aromatic rings. The minimum atomic E-state index is -0.209. The number of nitrogens with one attached hydrogen (secondary N) is 2. The normalized spacial score (nSPS) is 22.2. The molecule has 1 saturated carbocycles. The van der Waals surface area contributed by atoms with E-state index >= 15 is 0 Å². The molecule has 2 N–H and O–H groups in total. The smallest absolute Gasteiger partial charge is 0.268 e. The number of carbonyl (C=O) groups is 3. The number of nitrogens with zero attached hydrogens (tertiary/aromatic N) is 2. The van der Waals surface area contributed by atoms with Crippen LogP contribution in [0.1, 0.15) is 53.0 Å². The first-order valence-electron chi connectivity index (χ1n) is 10.7. The van der Waals surface area contributed by atoms with E-state index in [0.717, 1.165) is 43.0 Å².